The number of aliphatic hydroxyl groups is 1. The minimum absolute atomic E-state index is 0.0311. The monoisotopic (exact) mass is 502 g/mol. The molecule has 2 aromatic carbocycles. The van der Waals surface area contributed by atoms with Gasteiger partial charge in [-0.05, 0) is 29.8 Å². The molecule has 0 aliphatic rings. The third-order valence-corrected chi connectivity index (χ3v) is 7.42. The van der Waals surface area contributed by atoms with Gasteiger partial charge in [0.25, 0.3) is 5.56 Å². The summed E-state index contributed by atoms with van der Waals surface area (Å²) in [5, 5.41) is 23.2. The number of nitrogens with zero attached hydrogens (tertiary/aromatic N) is 4. The van der Waals surface area contributed by atoms with Crippen molar-refractivity contribution in [2.75, 3.05) is 14.2 Å². The van der Waals surface area contributed by atoms with E-state index in [0.717, 1.165) is 15.8 Å². The Morgan fingerprint density at radius 3 is 2.71 bits per heavy atom. The Morgan fingerprint density at radius 2 is 1.97 bits per heavy atom. The number of allylic oxidation sites excluding steroid dienone is 2. The third-order valence-electron chi connectivity index (χ3n) is 5.48. The number of thiophene rings is 1. The standard InChI is InChI=1S/C25H18N4O4S2/c1-32-19-8-7-14(9-20(19)33-2)16-12-34-24-22(16)25(31)29(13-27-24)11-18(30)15(10-26)23-28-17-5-3-4-6-21(17)35-23/h3-9,12-13,30H,11H2,1-2H3/b18-15-. The second kappa shape index (κ2) is 9.21. The van der Waals surface area contributed by atoms with Gasteiger partial charge in [-0.15, -0.1) is 22.7 Å². The predicted molar refractivity (Wildman–Crippen MR) is 137 cm³/mol. The van der Waals surface area contributed by atoms with E-state index in [-0.39, 0.29) is 23.4 Å². The van der Waals surface area contributed by atoms with Crippen molar-refractivity contribution in [3.8, 4) is 28.7 Å². The molecule has 0 spiro atoms. The van der Waals surface area contributed by atoms with Crippen molar-refractivity contribution in [1.29, 1.82) is 5.26 Å². The van der Waals surface area contributed by atoms with Gasteiger partial charge < -0.3 is 14.6 Å². The first-order valence-corrected chi connectivity index (χ1v) is 12.1. The summed E-state index contributed by atoms with van der Waals surface area (Å²) < 4.78 is 12.9. The van der Waals surface area contributed by atoms with Gasteiger partial charge >= 0.3 is 0 Å². The van der Waals surface area contributed by atoms with Crippen LogP contribution in [0, 0.1) is 11.3 Å². The first-order valence-electron chi connectivity index (χ1n) is 10.4. The molecule has 0 saturated carbocycles. The smallest absolute Gasteiger partial charge is 0.263 e. The number of nitriles is 1. The van der Waals surface area contributed by atoms with Gasteiger partial charge in [-0.1, -0.05) is 18.2 Å². The second-order valence-corrected chi connectivity index (χ2v) is 9.39. The van der Waals surface area contributed by atoms with Crippen molar-refractivity contribution in [3.05, 3.63) is 75.3 Å². The number of hydrogen-bond acceptors (Lipinski definition) is 9. The zero-order chi connectivity index (χ0) is 24.5. The Bertz CT molecular complexity index is 1680. The van der Waals surface area contributed by atoms with Gasteiger partial charge in [0.2, 0.25) is 0 Å². The van der Waals surface area contributed by atoms with E-state index in [0.29, 0.717) is 32.3 Å². The summed E-state index contributed by atoms with van der Waals surface area (Å²) in [7, 11) is 3.11. The average Bonchev–Trinajstić information content (AvgIpc) is 3.50. The summed E-state index contributed by atoms with van der Waals surface area (Å²) in [6.45, 7) is -0.207. The highest BCUT2D eigenvalue weighted by molar-refractivity contribution is 7.19. The van der Waals surface area contributed by atoms with E-state index in [9.17, 15) is 15.2 Å². The number of benzene rings is 2. The lowest BCUT2D eigenvalue weighted by atomic mass is 10.1. The Labute approximate surface area is 207 Å². The number of hydrogen-bond donors (Lipinski definition) is 1. The molecule has 0 bridgehead atoms. The minimum atomic E-state index is -0.325. The molecular formula is C25H18N4O4S2. The molecule has 0 aliphatic heterocycles. The number of rotatable bonds is 6. The SMILES string of the molecule is COc1ccc(-c2csc3ncn(C/C(O)=C(\C#N)c4nc5ccccc5s4)c(=O)c23)cc1OC. The van der Waals surface area contributed by atoms with Gasteiger partial charge in [-0.2, -0.15) is 5.26 Å². The zero-order valence-corrected chi connectivity index (χ0v) is 20.3. The van der Waals surface area contributed by atoms with Crippen LogP contribution in [0.3, 0.4) is 0 Å². The lowest BCUT2D eigenvalue weighted by Gasteiger charge is -2.10. The zero-order valence-electron chi connectivity index (χ0n) is 18.7. The molecule has 0 atom stereocenters. The fourth-order valence-corrected chi connectivity index (χ4v) is 5.64. The molecule has 0 unspecified atom stereocenters. The molecule has 5 rings (SSSR count). The molecule has 0 fully saturated rings. The first kappa shape index (κ1) is 22.6. The summed E-state index contributed by atoms with van der Waals surface area (Å²) in [6, 6.07) is 14.9. The number of para-hydroxylation sites is 1. The summed E-state index contributed by atoms with van der Waals surface area (Å²) in [4.78, 5) is 22.9. The molecule has 3 heterocycles. The molecule has 10 heteroatoms. The lowest BCUT2D eigenvalue weighted by Crippen LogP contribution is -2.21. The Hall–Kier alpha value is -4.20. The van der Waals surface area contributed by atoms with Gasteiger partial charge in [0.05, 0.1) is 42.7 Å². The van der Waals surface area contributed by atoms with Gasteiger partial charge in [0, 0.05) is 10.9 Å². The van der Waals surface area contributed by atoms with Crippen LogP contribution in [0.15, 0.2) is 64.7 Å². The van der Waals surface area contributed by atoms with Gasteiger partial charge in [0.15, 0.2) is 11.5 Å². The largest absolute Gasteiger partial charge is 0.509 e. The molecule has 35 heavy (non-hydrogen) atoms. The van der Waals surface area contributed by atoms with Crippen LogP contribution in [-0.4, -0.2) is 33.9 Å². The van der Waals surface area contributed by atoms with E-state index in [2.05, 4.69) is 9.97 Å². The molecule has 0 amide bonds. The minimum Gasteiger partial charge on any atom is -0.509 e. The molecule has 0 radical (unpaired) electrons. The molecule has 0 saturated heterocycles. The van der Waals surface area contributed by atoms with Crippen LogP contribution in [0.2, 0.25) is 0 Å². The highest BCUT2D eigenvalue weighted by Crippen LogP contribution is 2.36. The maximum Gasteiger partial charge on any atom is 0.263 e. The summed E-state index contributed by atoms with van der Waals surface area (Å²) in [6.07, 6.45) is 1.38. The summed E-state index contributed by atoms with van der Waals surface area (Å²) in [5.74, 6) is 0.876. The average molecular weight is 503 g/mol. The van der Waals surface area contributed by atoms with E-state index in [4.69, 9.17) is 9.47 Å². The second-order valence-electron chi connectivity index (χ2n) is 7.50. The molecule has 1 N–H and O–H groups in total. The lowest BCUT2D eigenvalue weighted by molar-refractivity contribution is 0.355. The molecule has 5 aromatic rings. The third kappa shape index (κ3) is 4.01. The van der Waals surface area contributed by atoms with E-state index < -0.39 is 0 Å². The Kier molecular flexibility index (Phi) is 5.94. The van der Waals surface area contributed by atoms with Crippen LogP contribution in [0.5, 0.6) is 11.5 Å². The van der Waals surface area contributed by atoms with Gasteiger partial charge in [-0.3, -0.25) is 9.36 Å². The highest BCUT2D eigenvalue weighted by Gasteiger charge is 2.18. The van der Waals surface area contributed by atoms with Gasteiger partial charge in [-0.25, -0.2) is 9.97 Å². The van der Waals surface area contributed by atoms with Crippen molar-refractivity contribution in [2.24, 2.45) is 0 Å². The normalized spacial score (nSPS) is 11.9. The predicted octanol–water partition coefficient (Wildman–Crippen LogP) is 5.24. The fraction of sp³-hybridized carbons (Fsp3) is 0.120. The Morgan fingerprint density at radius 1 is 1.17 bits per heavy atom. The van der Waals surface area contributed by atoms with Crippen LogP contribution < -0.4 is 15.0 Å². The summed E-state index contributed by atoms with van der Waals surface area (Å²) in [5.41, 5.74) is 1.93. The number of aromatic nitrogens is 3. The number of fused-ring (bicyclic) bond motifs is 2. The van der Waals surface area contributed by atoms with Crippen LogP contribution in [0.4, 0.5) is 0 Å². The van der Waals surface area contributed by atoms with E-state index >= 15 is 0 Å². The molecular weight excluding hydrogens is 484 g/mol. The van der Waals surface area contributed by atoms with Gasteiger partial charge in [0.1, 0.15) is 27.2 Å². The van der Waals surface area contributed by atoms with Crippen LogP contribution in [0.25, 0.3) is 37.1 Å². The topological polar surface area (TPSA) is 110 Å². The Balaban J connectivity index is 1.57. The van der Waals surface area contributed by atoms with Crippen LogP contribution >= 0.6 is 22.7 Å². The van der Waals surface area contributed by atoms with E-state index in [1.54, 1.807) is 26.4 Å². The fourth-order valence-electron chi connectivity index (χ4n) is 3.75. The number of ether oxygens (including phenoxy) is 2. The van der Waals surface area contributed by atoms with E-state index in [1.807, 2.05) is 41.8 Å². The van der Waals surface area contributed by atoms with Crippen molar-refractivity contribution >= 4 is 48.7 Å². The quantitative estimate of drug-likeness (QED) is 0.250. The maximum absolute atomic E-state index is 13.4. The molecule has 8 nitrogen and oxygen atoms in total. The van der Waals surface area contributed by atoms with E-state index in [1.165, 1.54) is 33.6 Å². The van der Waals surface area contributed by atoms with Crippen molar-refractivity contribution in [3.63, 3.8) is 0 Å². The molecule has 3 aromatic heterocycles. The van der Waals surface area contributed by atoms with Crippen LogP contribution in [-0.2, 0) is 6.54 Å². The first-order chi connectivity index (χ1) is 17.0. The highest BCUT2D eigenvalue weighted by atomic mass is 32.1. The maximum atomic E-state index is 13.4. The van der Waals surface area contributed by atoms with Crippen molar-refractivity contribution in [1.82, 2.24) is 14.5 Å². The van der Waals surface area contributed by atoms with Crippen molar-refractivity contribution in [2.45, 2.75) is 6.54 Å². The van der Waals surface area contributed by atoms with Crippen LogP contribution in [0.1, 0.15) is 5.01 Å². The molecule has 0 aliphatic carbocycles. The van der Waals surface area contributed by atoms with Crippen molar-refractivity contribution < 1.29 is 14.6 Å². The number of methoxy groups -OCH3 is 2. The molecule has 174 valence electrons. The summed E-state index contributed by atoms with van der Waals surface area (Å²) >= 11 is 2.66. The number of thiazole rings is 1. The number of aliphatic hydroxyl groups excluding tert-OH is 1.